The van der Waals surface area contributed by atoms with Gasteiger partial charge in [0.25, 0.3) is 0 Å². The largest absolute Gasteiger partial charge is 0.369 e. The maximum absolute atomic E-state index is 13.6. The molecule has 0 bridgehead atoms. The van der Waals surface area contributed by atoms with Crippen molar-refractivity contribution in [2.45, 2.75) is 62.8 Å². The van der Waals surface area contributed by atoms with Crippen LogP contribution in [0, 0.1) is 5.82 Å². The monoisotopic (exact) mass is 434 g/mol. The molecule has 0 amide bonds. The summed E-state index contributed by atoms with van der Waals surface area (Å²) in [6.07, 6.45) is 6.21. The van der Waals surface area contributed by atoms with Crippen LogP contribution in [0.1, 0.15) is 58.2 Å². The van der Waals surface area contributed by atoms with E-state index in [1.54, 1.807) is 22.6 Å². The molecule has 164 valence electrons. The van der Waals surface area contributed by atoms with Gasteiger partial charge in [-0.2, -0.15) is 9.40 Å². The van der Waals surface area contributed by atoms with Crippen LogP contribution >= 0.6 is 0 Å². The molecule has 2 fully saturated rings. The molecule has 0 unspecified atom stereocenters. The van der Waals surface area contributed by atoms with E-state index in [0.29, 0.717) is 42.8 Å². The van der Waals surface area contributed by atoms with Gasteiger partial charge in [-0.3, -0.25) is 4.68 Å². The van der Waals surface area contributed by atoms with Crippen molar-refractivity contribution in [3.8, 4) is 0 Å². The number of aromatic nitrogens is 2. The molecule has 1 aromatic heterocycles. The van der Waals surface area contributed by atoms with Crippen LogP contribution in [-0.2, 0) is 15.4 Å². The first-order valence-electron chi connectivity index (χ1n) is 10.8. The average molecular weight is 435 g/mol. The Morgan fingerprint density at radius 2 is 1.60 bits per heavy atom. The lowest BCUT2D eigenvalue weighted by Crippen LogP contribution is -2.48. The SMILES string of the molecule is CC(C)(C)c1nn(C2CCCC2)cc1S(=O)(=O)N1CCN(c2ccc(F)cc2)CC1. The molecule has 0 spiro atoms. The predicted molar refractivity (Wildman–Crippen MR) is 116 cm³/mol. The second kappa shape index (κ2) is 7.96. The van der Waals surface area contributed by atoms with E-state index >= 15 is 0 Å². The van der Waals surface area contributed by atoms with Gasteiger partial charge >= 0.3 is 0 Å². The smallest absolute Gasteiger partial charge is 0.246 e. The molecule has 0 radical (unpaired) electrons. The van der Waals surface area contributed by atoms with Gasteiger partial charge in [0.1, 0.15) is 10.7 Å². The van der Waals surface area contributed by atoms with Crippen molar-refractivity contribution >= 4 is 15.7 Å². The molecular weight excluding hydrogens is 403 g/mol. The lowest BCUT2D eigenvalue weighted by molar-refractivity contribution is 0.383. The molecule has 1 aromatic carbocycles. The van der Waals surface area contributed by atoms with Crippen molar-refractivity contribution in [2.75, 3.05) is 31.1 Å². The van der Waals surface area contributed by atoms with Crippen LogP contribution < -0.4 is 4.90 Å². The fourth-order valence-corrected chi connectivity index (χ4v) is 6.17. The standard InChI is InChI=1S/C22H31FN4O2S/c1-22(2,3)21-20(16-27(24-21)19-6-4-5-7-19)30(28,29)26-14-12-25(13-15-26)18-10-8-17(23)9-11-18/h8-11,16,19H,4-7,12-15H2,1-3H3. The van der Waals surface area contributed by atoms with Gasteiger partial charge in [0.15, 0.2) is 0 Å². The summed E-state index contributed by atoms with van der Waals surface area (Å²) in [7, 11) is -3.63. The van der Waals surface area contributed by atoms with E-state index in [2.05, 4.69) is 4.90 Å². The topological polar surface area (TPSA) is 58.4 Å². The fraction of sp³-hybridized carbons (Fsp3) is 0.591. The van der Waals surface area contributed by atoms with Crippen LogP contribution in [0.4, 0.5) is 10.1 Å². The minimum atomic E-state index is -3.63. The second-order valence-electron chi connectivity index (χ2n) is 9.38. The first kappa shape index (κ1) is 21.3. The summed E-state index contributed by atoms with van der Waals surface area (Å²) in [4.78, 5) is 2.44. The Morgan fingerprint density at radius 3 is 2.17 bits per heavy atom. The van der Waals surface area contributed by atoms with Gasteiger partial charge in [0, 0.05) is 43.5 Å². The molecule has 0 N–H and O–H groups in total. The molecule has 0 atom stereocenters. The van der Waals surface area contributed by atoms with Gasteiger partial charge < -0.3 is 4.90 Å². The van der Waals surface area contributed by atoms with Gasteiger partial charge in [-0.25, -0.2) is 12.8 Å². The van der Waals surface area contributed by atoms with Gasteiger partial charge in [-0.1, -0.05) is 33.6 Å². The molecule has 2 aliphatic rings. The number of nitrogens with zero attached hydrogens (tertiary/aromatic N) is 4. The van der Waals surface area contributed by atoms with E-state index < -0.39 is 10.0 Å². The summed E-state index contributed by atoms with van der Waals surface area (Å²) in [6.45, 7) is 7.99. The molecule has 6 nitrogen and oxygen atoms in total. The summed E-state index contributed by atoms with van der Waals surface area (Å²) in [6, 6.07) is 6.65. The number of anilines is 1. The van der Waals surface area contributed by atoms with Crippen LogP contribution in [0.3, 0.4) is 0 Å². The summed E-state index contributed by atoms with van der Waals surface area (Å²) < 4.78 is 43.8. The molecule has 2 heterocycles. The number of sulfonamides is 1. The van der Waals surface area contributed by atoms with Crippen LogP contribution in [0.15, 0.2) is 35.4 Å². The zero-order valence-corrected chi connectivity index (χ0v) is 18.8. The molecule has 1 saturated heterocycles. The average Bonchev–Trinajstić information content (AvgIpc) is 3.38. The number of hydrogen-bond donors (Lipinski definition) is 0. The summed E-state index contributed by atoms with van der Waals surface area (Å²) >= 11 is 0. The van der Waals surface area contributed by atoms with Gasteiger partial charge in [-0.15, -0.1) is 0 Å². The normalized spacial score (nSPS) is 19.5. The summed E-state index contributed by atoms with van der Waals surface area (Å²) in [5, 5.41) is 4.76. The molecule has 30 heavy (non-hydrogen) atoms. The van der Waals surface area contributed by atoms with E-state index in [-0.39, 0.29) is 11.2 Å². The number of rotatable bonds is 4. The lowest BCUT2D eigenvalue weighted by Gasteiger charge is -2.35. The first-order chi connectivity index (χ1) is 14.2. The van der Waals surface area contributed by atoms with E-state index in [0.717, 1.165) is 18.5 Å². The Balaban J connectivity index is 1.57. The summed E-state index contributed by atoms with van der Waals surface area (Å²) in [5.74, 6) is -0.269. The first-order valence-corrected chi connectivity index (χ1v) is 12.2. The van der Waals surface area contributed by atoms with Crippen LogP contribution in [0.2, 0.25) is 0 Å². The van der Waals surface area contributed by atoms with E-state index in [1.807, 2.05) is 25.5 Å². The lowest BCUT2D eigenvalue weighted by atomic mass is 9.92. The zero-order valence-electron chi connectivity index (χ0n) is 18.0. The maximum Gasteiger partial charge on any atom is 0.246 e. The van der Waals surface area contributed by atoms with Crippen molar-refractivity contribution in [2.24, 2.45) is 0 Å². The van der Waals surface area contributed by atoms with Crippen molar-refractivity contribution in [3.63, 3.8) is 0 Å². The minimum absolute atomic E-state index is 0.269. The molecule has 1 aliphatic carbocycles. The maximum atomic E-state index is 13.6. The predicted octanol–water partition coefficient (Wildman–Crippen LogP) is 3.95. The Bertz CT molecular complexity index is 981. The number of hydrogen-bond acceptors (Lipinski definition) is 4. The van der Waals surface area contributed by atoms with E-state index in [4.69, 9.17) is 5.10 Å². The zero-order chi connectivity index (χ0) is 21.5. The summed E-state index contributed by atoms with van der Waals surface area (Å²) in [5.41, 5.74) is 1.20. The fourth-order valence-electron chi connectivity index (χ4n) is 4.42. The molecule has 1 saturated carbocycles. The van der Waals surface area contributed by atoms with E-state index in [1.165, 1.54) is 25.0 Å². The molecular formula is C22H31FN4O2S. The van der Waals surface area contributed by atoms with Gasteiger partial charge in [-0.05, 0) is 37.1 Å². The Morgan fingerprint density at radius 1 is 1.00 bits per heavy atom. The minimum Gasteiger partial charge on any atom is -0.369 e. The van der Waals surface area contributed by atoms with E-state index in [9.17, 15) is 12.8 Å². The second-order valence-corrected chi connectivity index (χ2v) is 11.3. The third-order valence-corrected chi connectivity index (χ3v) is 8.06. The van der Waals surface area contributed by atoms with Gasteiger partial charge in [0.2, 0.25) is 10.0 Å². The van der Waals surface area contributed by atoms with Crippen molar-refractivity contribution in [1.82, 2.24) is 14.1 Å². The highest BCUT2D eigenvalue weighted by molar-refractivity contribution is 7.89. The van der Waals surface area contributed by atoms with Crippen molar-refractivity contribution in [1.29, 1.82) is 0 Å². The van der Waals surface area contributed by atoms with Crippen LogP contribution in [0.5, 0.6) is 0 Å². The Labute approximate surface area is 178 Å². The number of benzene rings is 1. The Hall–Kier alpha value is -1.93. The molecule has 4 rings (SSSR count). The molecule has 8 heteroatoms. The highest BCUT2D eigenvalue weighted by Gasteiger charge is 2.36. The van der Waals surface area contributed by atoms with Crippen molar-refractivity contribution in [3.05, 3.63) is 42.0 Å². The highest BCUT2D eigenvalue weighted by atomic mass is 32.2. The third kappa shape index (κ3) is 4.12. The molecule has 1 aliphatic heterocycles. The third-order valence-electron chi connectivity index (χ3n) is 6.16. The Kier molecular flexibility index (Phi) is 5.66. The number of halogens is 1. The molecule has 2 aromatic rings. The van der Waals surface area contributed by atoms with Crippen LogP contribution in [0.25, 0.3) is 0 Å². The van der Waals surface area contributed by atoms with Crippen LogP contribution in [-0.4, -0.2) is 48.7 Å². The van der Waals surface area contributed by atoms with Crippen molar-refractivity contribution < 1.29 is 12.8 Å². The number of piperazine rings is 1. The quantitative estimate of drug-likeness (QED) is 0.731. The highest BCUT2D eigenvalue weighted by Crippen LogP contribution is 2.35. The van der Waals surface area contributed by atoms with Gasteiger partial charge in [0.05, 0.1) is 11.7 Å².